The van der Waals surface area contributed by atoms with Gasteiger partial charge in [-0.15, -0.1) is 23.7 Å². The smallest absolute Gasteiger partial charge is 0.0982 e. The van der Waals surface area contributed by atoms with Gasteiger partial charge in [0.1, 0.15) is 0 Å². The van der Waals surface area contributed by atoms with Gasteiger partial charge in [0.2, 0.25) is 0 Å². The molecule has 104 valence electrons. The van der Waals surface area contributed by atoms with Crippen LogP contribution in [0.5, 0.6) is 0 Å². The lowest BCUT2D eigenvalue weighted by molar-refractivity contribution is 1.17. The van der Waals surface area contributed by atoms with E-state index in [2.05, 4.69) is 60.7 Å². The van der Waals surface area contributed by atoms with Crippen LogP contribution in [0.25, 0.3) is 21.0 Å². The molecule has 21 heavy (non-hydrogen) atoms. The van der Waals surface area contributed by atoms with E-state index in [0.717, 1.165) is 11.9 Å². The highest BCUT2D eigenvalue weighted by molar-refractivity contribution is 7.18. The van der Waals surface area contributed by atoms with Gasteiger partial charge in [-0.05, 0) is 28.5 Å². The van der Waals surface area contributed by atoms with E-state index in [9.17, 15) is 0 Å². The van der Waals surface area contributed by atoms with E-state index in [1.165, 1.54) is 26.0 Å². The summed E-state index contributed by atoms with van der Waals surface area (Å²) in [6.45, 7) is 0. The zero-order valence-electron chi connectivity index (χ0n) is 11.3. The van der Waals surface area contributed by atoms with Crippen LogP contribution in [0.3, 0.4) is 0 Å². The fourth-order valence-electron chi connectivity index (χ4n) is 2.61. The predicted octanol–water partition coefficient (Wildman–Crippen LogP) is 5.46. The highest BCUT2D eigenvalue weighted by atomic mass is 35.5. The first-order valence-corrected chi connectivity index (χ1v) is 7.53. The van der Waals surface area contributed by atoms with E-state index in [-0.39, 0.29) is 12.4 Å². The van der Waals surface area contributed by atoms with Crippen LogP contribution in [0.15, 0.2) is 66.7 Å². The maximum Gasteiger partial charge on any atom is 0.0982 e. The van der Waals surface area contributed by atoms with Crippen LogP contribution in [-0.4, -0.2) is 4.98 Å². The van der Waals surface area contributed by atoms with Crippen molar-refractivity contribution in [3.63, 3.8) is 0 Å². The Kier molecular flexibility index (Phi) is 3.91. The Morgan fingerprint density at radius 3 is 2.48 bits per heavy atom. The summed E-state index contributed by atoms with van der Waals surface area (Å²) in [5.74, 6) is 0. The third-order valence-electron chi connectivity index (χ3n) is 3.56. The predicted molar refractivity (Wildman–Crippen MR) is 93.6 cm³/mol. The second kappa shape index (κ2) is 5.84. The van der Waals surface area contributed by atoms with Crippen molar-refractivity contribution in [1.82, 2.24) is 4.98 Å². The van der Waals surface area contributed by atoms with Gasteiger partial charge >= 0.3 is 0 Å². The molecule has 0 atom stereocenters. The Hall–Kier alpha value is -1.90. The van der Waals surface area contributed by atoms with Crippen LogP contribution < -0.4 is 0 Å². The molecule has 3 heteroatoms. The number of para-hydroxylation sites is 1. The second-order valence-electron chi connectivity index (χ2n) is 4.89. The Bertz CT molecular complexity index is 859. The van der Waals surface area contributed by atoms with Crippen molar-refractivity contribution in [3.05, 3.63) is 77.3 Å². The number of thiazole rings is 1. The fraction of sp³-hybridized carbons (Fsp3) is 0.0556. The molecule has 0 bridgehead atoms. The molecule has 4 aromatic rings. The first-order valence-electron chi connectivity index (χ1n) is 6.71. The molecule has 4 rings (SSSR count). The van der Waals surface area contributed by atoms with Gasteiger partial charge in [-0.2, -0.15) is 0 Å². The van der Waals surface area contributed by atoms with Crippen molar-refractivity contribution in [3.8, 4) is 0 Å². The summed E-state index contributed by atoms with van der Waals surface area (Å²) in [4.78, 5) is 4.73. The van der Waals surface area contributed by atoms with Crippen LogP contribution in [0, 0.1) is 0 Å². The molecule has 0 aliphatic rings. The number of aromatic nitrogens is 1. The molecule has 0 N–H and O–H groups in total. The minimum Gasteiger partial charge on any atom is -0.241 e. The van der Waals surface area contributed by atoms with E-state index in [4.69, 9.17) is 4.98 Å². The van der Waals surface area contributed by atoms with Gasteiger partial charge in [0.15, 0.2) is 0 Å². The van der Waals surface area contributed by atoms with Crippen LogP contribution >= 0.6 is 23.7 Å². The Morgan fingerprint density at radius 1 is 0.810 bits per heavy atom. The molecule has 0 amide bonds. The maximum atomic E-state index is 4.73. The molecule has 0 unspecified atom stereocenters. The number of hydrogen-bond acceptors (Lipinski definition) is 2. The molecule has 1 nitrogen and oxygen atoms in total. The molecule has 0 spiro atoms. The summed E-state index contributed by atoms with van der Waals surface area (Å²) in [7, 11) is 0. The van der Waals surface area contributed by atoms with Gasteiger partial charge in [-0.25, -0.2) is 4.98 Å². The molecule has 1 aromatic heterocycles. The molecule has 3 aromatic carbocycles. The van der Waals surface area contributed by atoms with E-state index < -0.39 is 0 Å². The molecule has 1 heterocycles. The lowest BCUT2D eigenvalue weighted by Gasteiger charge is -2.04. The first-order chi connectivity index (χ1) is 9.90. The van der Waals surface area contributed by atoms with Gasteiger partial charge < -0.3 is 0 Å². The van der Waals surface area contributed by atoms with Crippen LogP contribution in [0.2, 0.25) is 0 Å². The van der Waals surface area contributed by atoms with Gasteiger partial charge in [-0.1, -0.05) is 54.6 Å². The number of rotatable bonds is 2. The summed E-state index contributed by atoms with van der Waals surface area (Å²) in [5.41, 5.74) is 2.45. The average Bonchev–Trinajstić information content (AvgIpc) is 2.90. The molecular formula is C18H14ClNS. The van der Waals surface area contributed by atoms with Gasteiger partial charge in [0, 0.05) is 6.42 Å². The standard InChI is InChI=1S/C18H13NS.ClH/c1-2-9-15-13(6-1)7-5-8-14(15)12-18-19-16-10-3-4-11-17(16)20-18;/h1-11H,12H2;1H. The van der Waals surface area contributed by atoms with Crippen molar-refractivity contribution < 1.29 is 0 Å². The monoisotopic (exact) mass is 311 g/mol. The molecule has 0 saturated heterocycles. The molecule has 0 aliphatic carbocycles. The van der Waals surface area contributed by atoms with Crippen molar-refractivity contribution in [2.45, 2.75) is 6.42 Å². The van der Waals surface area contributed by atoms with Crippen LogP contribution in [0.1, 0.15) is 10.6 Å². The Balaban J connectivity index is 0.00000132. The quantitative estimate of drug-likeness (QED) is 0.479. The van der Waals surface area contributed by atoms with E-state index in [1.807, 2.05) is 6.07 Å². The zero-order valence-corrected chi connectivity index (χ0v) is 13.0. The zero-order chi connectivity index (χ0) is 13.4. The molecular weight excluding hydrogens is 298 g/mol. The average molecular weight is 312 g/mol. The summed E-state index contributed by atoms with van der Waals surface area (Å²) in [6.07, 6.45) is 0.903. The highest BCUT2D eigenvalue weighted by Crippen LogP contribution is 2.26. The highest BCUT2D eigenvalue weighted by Gasteiger charge is 2.06. The van der Waals surface area contributed by atoms with Crippen molar-refractivity contribution in [2.24, 2.45) is 0 Å². The minimum absolute atomic E-state index is 0. The lowest BCUT2D eigenvalue weighted by Crippen LogP contribution is -1.88. The Morgan fingerprint density at radius 2 is 1.57 bits per heavy atom. The molecule has 0 radical (unpaired) electrons. The molecule has 0 fully saturated rings. The van der Waals surface area contributed by atoms with Gasteiger partial charge in [-0.3, -0.25) is 0 Å². The second-order valence-corrected chi connectivity index (χ2v) is 6.01. The van der Waals surface area contributed by atoms with E-state index >= 15 is 0 Å². The van der Waals surface area contributed by atoms with E-state index in [0.29, 0.717) is 0 Å². The van der Waals surface area contributed by atoms with Crippen LogP contribution in [0.4, 0.5) is 0 Å². The number of fused-ring (bicyclic) bond motifs is 2. The van der Waals surface area contributed by atoms with Crippen molar-refractivity contribution in [1.29, 1.82) is 0 Å². The van der Waals surface area contributed by atoms with Crippen molar-refractivity contribution in [2.75, 3.05) is 0 Å². The van der Waals surface area contributed by atoms with Crippen LogP contribution in [-0.2, 0) is 6.42 Å². The summed E-state index contributed by atoms with van der Waals surface area (Å²) in [5, 5.41) is 3.81. The summed E-state index contributed by atoms with van der Waals surface area (Å²) in [6, 6.07) is 23.4. The number of halogens is 1. The van der Waals surface area contributed by atoms with E-state index in [1.54, 1.807) is 11.3 Å². The third kappa shape index (κ3) is 2.65. The number of hydrogen-bond donors (Lipinski definition) is 0. The fourth-order valence-corrected chi connectivity index (χ4v) is 3.60. The summed E-state index contributed by atoms with van der Waals surface area (Å²) < 4.78 is 1.27. The lowest BCUT2D eigenvalue weighted by atomic mass is 10.0. The maximum absolute atomic E-state index is 4.73. The van der Waals surface area contributed by atoms with Gasteiger partial charge in [0.25, 0.3) is 0 Å². The minimum atomic E-state index is 0. The largest absolute Gasteiger partial charge is 0.241 e. The Labute approximate surface area is 133 Å². The first kappa shape index (κ1) is 14.1. The number of benzene rings is 3. The molecule has 0 aliphatic heterocycles. The summed E-state index contributed by atoms with van der Waals surface area (Å²) >= 11 is 1.79. The normalized spacial score (nSPS) is 10.7. The topological polar surface area (TPSA) is 12.9 Å². The molecule has 0 saturated carbocycles. The number of nitrogens with zero attached hydrogens (tertiary/aromatic N) is 1. The third-order valence-corrected chi connectivity index (χ3v) is 4.60. The van der Waals surface area contributed by atoms with Gasteiger partial charge in [0.05, 0.1) is 15.2 Å². The SMILES string of the molecule is Cl.c1ccc2c(Cc3nc4ccccc4s3)cccc2c1. The van der Waals surface area contributed by atoms with Crippen molar-refractivity contribution >= 4 is 44.7 Å².